The van der Waals surface area contributed by atoms with Crippen LogP contribution in [0.3, 0.4) is 0 Å². The summed E-state index contributed by atoms with van der Waals surface area (Å²) in [5.41, 5.74) is 1.17. The summed E-state index contributed by atoms with van der Waals surface area (Å²) >= 11 is 0. The third kappa shape index (κ3) is 4.66. The van der Waals surface area contributed by atoms with E-state index in [1.165, 1.54) is 11.1 Å². The Bertz CT molecular complexity index is 444. The maximum Gasteiger partial charge on any atom is 0.339 e. The second-order valence-corrected chi connectivity index (χ2v) is 3.87. The topological polar surface area (TPSA) is 43.6 Å². The first-order valence-electron chi connectivity index (χ1n) is 5.53. The van der Waals surface area contributed by atoms with E-state index >= 15 is 0 Å². The fourth-order valence-corrected chi connectivity index (χ4v) is 1.16. The van der Waals surface area contributed by atoms with E-state index < -0.39 is 0 Å². The van der Waals surface area contributed by atoms with E-state index in [1.54, 1.807) is 19.2 Å². The van der Waals surface area contributed by atoms with Gasteiger partial charge in [-0.2, -0.15) is 0 Å². The third-order valence-electron chi connectivity index (χ3n) is 1.92. The van der Waals surface area contributed by atoms with Gasteiger partial charge in [-0.15, -0.1) is 0 Å². The molecular weight excluding hydrogens is 216 g/mol. The molecule has 0 saturated heterocycles. The van der Waals surface area contributed by atoms with Crippen LogP contribution in [-0.4, -0.2) is 38.2 Å². The van der Waals surface area contributed by atoms with Crippen molar-refractivity contribution in [2.24, 2.45) is 0 Å². The van der Waals surface area contributed by atoms with Crippen molar-refractivity contribution in [1.82, 2.24) is 4.98 Å². The Balaban J connectivity index is 2.77. The molecule has 0 amide bonds. The van der Waals surface area contributed by atoms with Crippen LogP contribution in [-0.2, 0) is 4.74 Å². The second-order valence-electron chi connectivity index (χ2n) is 3.87. The molecule has 1 heterocycles. The highest BCUT2D eigenvalue weighted by molar-refractivity contribution is 5.89. The molecule has 0 spiro atoms. The van der Waals surface area contributed by atoms with E-state index in [2.05, 4.69) is 16.8 Å². The predicted molar refractivity (Wildman–Crippen MR) is 64.7 cm³/mol. The van der Waals surface area contributed by atoms with Crippen molar-refractivity contribution < 1.29 is 14.4 Å². The number of esters is 1. The standard InChI is InChI=1S/C13H16N2O2/c1-4-17-13(16)12-8-11(9-14-10-12)6-5-7-15(2)3/h8-10H,4,7H2,1-3H3/p+1. The molecule has 17 heavy (non-hydrogen) atoms. The molecule has 0 unspecified atom stereocenters. The Morgan fingerprint density at radius 2 is 2.24 bits per heavy atom. The van der Waals surface area contributed by atoms with Crippen LogP contribution in [0, 0.1) is 11.8 Å². The predicted octanol–water partition coefficient (Wildman–Crippen LogP) is -0.246. The smallest absolute Gasteiger partial charge is 0.339 e. The molecule has 4 nitrogen and oxygen atoms in total. The van der Waals surface area contributed by atoms with Gasteiger partial charge in [0.2, 0.25) is 0 Å². The fraction of sp³-hybridized carbons (Fsp3) is 0.385. The summed E-state index contributed by atoms with van der Waals surface area (Å²) in [6.07, 6.45) is 3.13. The van der Waals surface area contributed by atoms with Gasteiger partial charge in [-0.1, -0.05) is 5.92 Å². The molecule has 0 bridgehead atoms. The molecule has 0 atom stereocenters. The first kappa shape index (κ1) is 13.2. The van der Waals surface area contributed by atoms with Gasteiger partial charge >= 0.3 is 5.97 Å². The molecule has 0 aliphatic heterocycles. The van der Waals surface area contributed by atoms with Crippen LogP contribution >= 0.6 is 0 Å². The molecule has 0 aliphatic carbocycles. The summed E-state index contributed by atoms with van der Waals surface area (Å²) in [6, 6.07) is 1.70. The third-order valence-corrected chi connectivity index (χ3v) is 1.92. The number of hydrogen-bond donors (Lipinski definition) is 1. The van der Waals surface area contributed by atoms with Crippen molar-refractivity contribution in [1.29, 1.82) is 0 Å². The van der Waals surface area contributed by atoms with Gasteiger partial charge in [0, 0.05) is 18.0 Å². The molecule has 0 fully saturated rings. The van der Waals surface area contributed by atoms with Gasteiger partial charge in [0.05, 0.1) is 26.3 Å². The highest BCUT2D eigenvalue weighted by atomic mass is 16.5. The summed E-state index contributed by atoms with van der Waals surface area (Å²) < 4.78 is 4.89. The SMILES string of the molecule is CCOC(=O)c1cncc(C#CC[NH+](C)C)c1. The average Bonchev–Trinajstić information content (AvgIpc) is 2.29. The van der Waals surface area contributed by atoms with Gasteiger partial charge in [0.15, 0.2) is 0 Å². The van der Waals surface area contributed by atoms with Crippen molar-refractivity contribution >= 4 is 5.97 Å². The first-order chi connectivity index (χ1) is 8.13. The number of pyridine rings is 1. The molecule has 0 aliphatic rings. The summed E-state index contributed by atoms with van der Waals surface area (Å²) in [5.74, 6) is 5.63. The largest absolute Gasteiger partial charge is 0.462 e. The van der Waals surface area contributed by atoms with Gasteiger partial charge in [-0.05, 0) is 18.9 Å². The quantitative estimate of drug-likeness (QED) is 0.578. The number of nitrogens with zero attached hydrogens (tertiary/aromatic N) is 1. The van der Waals surface area contributed by atoms with E-state index in [1.807, 2.05) is 14.1 Å². The minimum Gasteiger partial charge on any atom is -0.462 e. The van der Waals surface area contributed by atoms with Crippen molar-refractivity contribution in [3.8, 4) is 11.8 Å². The molecule has 1 aromatic rings. The zero-order valence-electron chi connectivity index (χ0n) is 10.4. The number of hydrogen-bond acceptors (Lipinski definition) is 3. The van der Waals surface area contributed by atoms with Gasteiger partial charge in [0.25, 0.3) is 0 Å². The molecule has 0 saturated carbocycles. The molecule has 90 valence electrons. The summed E-state index contributed by atoms with van der Waals surface area (Å²) in [7, 11) is 4.06. The average molecular weight is 233 g/mol. The monoisotopic (exact) mass is 233 g/mol. The van der Waals surface area contributed by atoms with Gasteiger partial charge < -0.3 is 9.64 Å². The van der Waals surface area contributed by atoms with Crippen molar-refractivity contribution in [2.75, 3.05) is 27.2 Å². The van der Waals surface area contributed by atoms with Crippen molar-refractivity contribution in [2.45, 2.75) is 6.92 Å². The number of ether oxygens (including phenoxy) is 1. The lowest BCUT2D eigenvalue weighted by atomic mass is 10.2. The first-order valence-corrected chi connectivity index (χ1v) is 5.53. The minimum absolute atomic E-state index is 0.359. The van der Waals surface area contributed by atoms with E-state index in [9.17, 15) is 4.79 Å². The van der Waals surface area contributed by atoms with Gasteiger partial charge in [0.1, 0.15) is 6.54 Å². The molecule has 4 heteroatoms. The van der Waals surface area contributed by atoms with Crippen molar-refractivity contribution in [3.05, 3.63) is 29.6 Å². The highest BCUT2D eigenvalue weighted by Crippen LogP contribution is 2.03. The van der Waals surface area contributed by atoms with Crippen LogP contribution in [0.2, 0.25) is 0 Å². The molecule has 1 aromatic heterocycles. The van der Waals surface area contributed by atoms with E-state index in [4.69, 9.17) is 4.74 Å². The summed E-state index contributed by atoms with van der Waals surface area (Å²) in [5, 5.41) is 0. The van der Waals surface area contributed by atoms with E-state index in [-0.39, 0.29) is 5.97 Å². The Morgan fingerprint density at radius 3 is 2.88 bits per heavy atom. The number of rotatable bonds is 3. The molecular formula is C13H17N2O2+. The number of quaternary nitrogens is 1. The zero-order chi connectivity index (χ0) is 12.7. The maximum absolute atomic E-state index is 11.5. The number of carbonyl (C=O) groups is 1. The zero-order valence-corrected chi connectivity index (χ0v) is 10.4. The Hall–Kier alpha value is -1.86. The Morgan fingerprint density at radius 1 is 1.47 bits per heavy atom. The Labute approximate surface area is 102 Å². The number of aromatic nitrogens is 1. The van der Waals surface area contributed by atoms with Crippen LogP contribution in [0.5, 0.6) is 0 Å². The Kier molecular flexibility index (Phi) is 5.18. The molecule has 1 rings (SSSR count). The highest BCUT2D eigenvalue weighted by Gasteiger charge is 2.06. The summed E-state index contributed by atoms with van der Waals surface area (Å²) in [6.45, 7) is 2.89. The van der Waals surface area contributed by atoms with Crippen LogP contribution in [0.25, 0.3) is 0 Å². The lowest BCUT2D eigenvalue weighted by molar-refractivity contribution is -0.850. The number of carbonyl (C=O) groups excluding carboxylic acids is 1. The van der Waals surface area contributed by atoms with E-state index in [0.717, 1.165) is 12.1 Å². The van der Waals surface area contributed by atoms with Crippen LogP contribution in [0.15, 0.2) is 18.5 Å². The maximum atomic E-state index is 11.5. The fourth-order valence-electron chi connectivity index (χ4n) is 1.16. The van der Waals surface area contributed by atoms with Gasteiger partial charge in [-0.3, -0.25) is 4.98 Å². The molecule has 1 N–H and O–H groups in total. The number of nitrogens with one attached hydrogen (secondary N) is 1. The van der Waals surface area contributed by atoms with Crippen LogP contribution < -0.4 is 4.90 Å². The summed E-state index contributed by atoms with van der Waals surface area (Å²) in [4.78, 5) is 16.7. The molecule has 0 radical (unpaired) electrons. The van der Waals surface area contributed by atoms with Crippen molar-refractivity contribution in [3.63, 3.8) is 0 Å². The van der Waals surface area contributed by atoms with E-state index in [0.29, 0.717) is 12.2 Å². The lowest BCUT2D eigenvalue weighted by Gasteiger charge is -2.01. The normalized spacial score (nSPS) is 9.65. The lowest BCUT2D eigenvalue weighted by Crippen LogP contribution is -3.05. The van der Waals surface area contributed by atoms with Crippen LogP contribution in [0.1, 0.15) is 22.8 Å². The molecule has 0 aromatic carbocycles. The van der Waals surface area contributed by atoms with Crippen LogP contribution in [0.4, 0.5) is 0 Å². The van der Waals surface area contributed by atoms with Gasteiger partial charge in [-0.25, -0.2) is 4.79 Å². The second kappa shape index (κ2) is 6.66. The minimum atomic E-state index is -0.359.